The van der Waals surface area contributed by atoms with Gasteiger partial charge in [-0.1, -0.05) is 12.1 Å². The molecule has 0 aliphatic heterocycles. The number of hydrogen-bond donors (Lipinski definition) is 3. The summed E-state index contributed by atoms with van der Waals surface area (Å²) in [5, 5.41) is 13.9. The van der Waals surface area contributed by atoms with Crippen LogP contribution in [0.4, 0.5) is 10.5 Å². The summed E-state index contributed by atoms with van der Waals surface area (Å²) < 4.78 is 5.70. The summed E-state index contributed by atoms with van der Waals surface area (Å²) in [6.07, 6.45) is 2.86. The van der Waals surface area contributed by atoms with Gasteiger partial charge >= 0.3 is 12.0 Å². The highest BCUT2D eigenvalue weighted by Gasteiger charge is 2.22. The normalized spacial score (nSPS) is 13.5. The van der Waals surface area contributed by atoms with Crippen LogP contribution in [0.2, 0.25) is 0 Å². The Labute approximate surface area is 123 Å². The lowest BCUT2D eigenvalue weighted by Crippen LogP contribution is -2.30. The highest BCUT2D eigenvalue weighted by atomic mass is 16.5. The third-order valence-electron chi connectivity index (χ3n) is 3.16. The lowest BCUT2D eigenvalue weighted by atomic mass is 10.3. The molecule has 0 spiro atoms. The highest BCUT2D eigenvalue weighted by molar-refractivity contribution is 5.90. The van der Waals surface area contributed by atoms with Crippen LogP contribution in [0.25, 0.3) is 0 Å². The number of aliphatic carboxylic acids is 1. The summed E-state index contributed by atoms with van der Waals surface area (Å²) in [6, 6.07) is 6.92. The number of ether oxygens (including phenoxy) is 1. The van der Waals surface area contributed by atoms with Crippen LogP contribution in [0.3, 0.4) is 0 Å². The zero-order valence-electron chi connectivity index (χ0n) is 11.8. The van der Waals surface area contributed by atoms with E-state index in [0.717, 1.165) is 0 Å². The van der Waals surface area contributed by atoms with Crippen molar-refractivity contribution in [3.8, 4) is 5.75 Å². The van der Waals surface area contributed by atoms with Gasteiger partial charge in [-0.05, 0) is 37.3 Å². The van der Waals surface area contributed by atoms with Crippen molar-refractivity contribution in [3.63, 3.8) is 0 Å². The molecule has 1 aliphatic rings. The van der Waals surface area contributed by atoms with Crippen LogP contribution in [0, 0.1) is 5.92 Å². The van der Waals surface area contributed by atoms with Gasteiger partial charge in [0.05, 0.1) is 12.3 Å². The first-order valence-electron chi connectivity index (χ1n) is 7.13. The van der Waals surface area contributed by atoms with E-state index in [1.54, 1.807) is 6.07 Å². The van der Waals surface area contributed by atoms with Gasteiger partial charge in [0.2, 0.25) is 0 Å². The minimum Gasteiger partial charge on any atom is -0.491 e. The molecule has 0 atom stereocenters. The zero-order valence-corrected chi connectivity index (χ0v) is 11.8. The first kappa shape index (κ1) is 15.2. The van der Waals surface area contributed by atoms with Gasteiger partial charge in [0.1, 0.15) is 5.75 Å². The van der Waals surface area contributed by atoms with Gasteiger partial charge in [0.25, 0.3) is 0 Å². The quantitative estimate of drug-likeness (QED) is 0.642. The topological polar surface area (TPSA) is 87.7 Å². The maximum atomic E-state index is 11.7. The number of carboxylic acid groups (broad SMARTS) is 1. The van der Waals surface area contributed by atoms with Gasteiger partial charge in [0.15, 0.2) is 0 Å². The van der Waals surface area contributed by atoms with Crippen molar-refractivity contribution in [2.24, 2.45) is 5.92 Å². The van der Waals surface area contributed by atoms with Crippen molar-refractivity contribution in [2.75, 3.05) is 18.5 Å². The number of para-hydroxylation sites is 2. The summed E-state index contributed by atoms with van der Waals surface area (Å²) in [6.45, 7) is 1.00. The van der Waals surface area contributed by atoms with Crippen molar-refractivity contribution in [1.29, 1.82) is 0 Å². The van der Waals surface area contributed by atoms with Crippen LogP contribution in [0.5, 0.6) is 5.75 Å². The molecule has 0 unspecified atom stereocenters. The molecule has 1 fully saturated rings. The van der Waals surface area contributed by atoms with E-state index in [9.17, 15) is 9.59 Å². The second-order valence-corrected chi connectivity index (χ2v) is 5.13. The van der Waals surface area contributed by atoms with Crippen molar-refractivity contribution in [1.82, 2.24) is 5.32 Å². The number of hydrogen-bond acceptors (Lipinski definition) is 3. The number of amides is 2. The van der Waals surface area contributed by atoms with E-state index in [1.165, 1.54) is 12.8 Å². The molecule has 0 saturated heterocycles. The minimum absolute atomic E-state index is 0.0430. The molecule has 3 N–H and O–H groups in total. The van der Waals surface area contributed by atoms with Gasteiger partial charge in [-0.25, -0.2) is 4.79 Å². The van der Waals surface area contributed by atoms with Gasteiger partial charge in [-0.2, -0.15) is 0 Å². The molecular formula is C15H20N2O4. The Morgan fingerprint density at radius 2 is 2.05 bits per heavy atom. The number of urea groups is 1. The van der Waals surface area contributed by atoms with Gasteiger partial charge in [-0.3, -0.25) is 4.79 Å². The van der Waals surface area contributed by atoms with E-state index in [0.29, 0.717) is 36.9 Å². The number of nitrogens with one attached hydrogen (secondary N) is 2. The Morgan fingerprint density at radius 1 is 1.29 bits per heavy atom. The van der Waals surface area contributed by atoms with Gasteiger partial charge in [0, 0.05) is 13.0 Å². The van der Waals surface area contributed by atoms with E-state index in [1.807, 2.05) is 18.2 Å². The Hall–Kier alpha value is -2.24. The summed E-state index contributed by atoms with van der Waals surface area (Å²) in [7, 11) is 0. The molecule has 1 aromatic rings. The smallest absolute Gasteiger partial charge is 0.319 e. The van der Waals surface area contributed by atoms with Crippen LogP contribution in [-0.2, 0) is 4.79 Å². The highest BCUT2D eigenvalue weighted by Crippen LogP contribution is 2.31. The summed E-state index contributed by atoms with van der Waals surface area (Å²) in [5.41, 5.74) is 0.619. The molecule has 6 nitrogen and oxygen atoms in total. The molecule has 0 radical (unpaired) electrons. The number of benzene rings is 1. The molecular weight excluding hydrogens is 272 g/mol. The lowest BCUT2D eigenvalue weighted by molar-refractivity contribution is -0.137. The van der Waals surface area contributed by atoms with Crippen molar-refractivity contribution in [2.45, 2.75) is 25.7 Å². The van der Waals surface area contributed by atoms with Crippen molar-refractivity contribution in [3.05, 3.63) is 24.3 Å². The number of carbonyl (C=O) groups is 2. The zero-order chi connectivity index (χ0) is 15.1. The molecule has 0 heterocycles. The Morgan fingerprint density at radius 3 is 2.76 bits per heavy atom. The SMILES string of the molecule is O=C(O)CCCNC(=O)Nc1ccccc1OCC1CC1. The Bertz CT molecular complexity index is 500. The van der Waals surface area contributed by atoms with Gasteiger partial charge < -0.3 is 20.5 Å². The van der Waals surface area contributed by atoms with Crippen LogP contribution in [0.15, 0.2) is 24.3 Å². The third-order valence-corrected chi connectivity index (χ3v) is 3.16. The van der Waals surface area contributed by atoms with Gasteiger partial charge in [-0.15, -0.1) is 0 Å². The van der Waals surface area contributed by atoms with E-state index >= 15 is 0 Å². The molecule has 114 valence electrons. The largest absolute Gasteiger partial charge is 0.491 e. The van der Waals surface area contributed by atoms with Crippen LogP contribution < -0.4 is 15.4 Å². The molecule has 21 heavy (non-hydrogen) atoms. The molecule has 2 amide bonds. The van der Waals surface area contributed by atoms with E-state index in [4.69, 9.17) is 9.84 Å². The Kier molecular flexibility index (Phi) is 5.43. The second-order valence-electron chi connectivity index (χ2n) is 5.13. The molecule has 0 bridgehead atoms. The lowest BCUT2D eigenvalue weighted by Gasteiger charge is -2.12. The molecule has 1 aliphatic carbocycles. The first-order chi connectivity index (χ1) is 10.1. The fraction of sp³-hybridized carbons (Fsp3) is 0.467. The van der Waals surface area contributed by atoms with Crippen LogP contribution >= 0.6 is 0 Å². The fourth-order valence-corrected chi connectivity index (χ4v) is 1.80. The number of anilines is 1. The summed E-state index contributed by atoms with van der Waals surface area (Å²) in [4.78, 5) is 22.1. The maximum Gasteiger partial charge on any atom is 0.319 e. The number of rotatable bonds is 8. The standard InChI is InChI=1S/C15H20N2O4/c18-14(19)6-3-9-16-15(20)17-12-4-1-2-5-13(12)21-10-11-7-8-11/h1-2,4-5,11H,3,6-10H2,(H,18,19)(H2,16,17,20). The van der Waals surface area contributed by atoms with Crippen LogP contribution in [0.1, 0.15) is 25.7 Å². The van der Waals surface area contributed by atoms with E-state index in [-0.39, 0.29) is 12.5 Å². The average molecular weight is 292 g/mol. The molecule has 2 rings (SSSR count). The van der Waals surface area contributed by atoms with E-state index in [2.05, 4.69) is 10.6 Å². The third kappa shape index (κ3) is 5.72. The average Bonchev–Trinajstić information content (AvgIpc) is 3.27. The number of carbonyl (C=O) groups excluding carboxylic acids is 1. The first-order valence-corrected chi connectivity index (χ1v) is 7.13. The summed E-state index contributed by atoms with van der Waals surface area (Å²) >= 11 is 0. The van der Waals surface area contributed by atoms with Crippen LogP contribution in [-0.4, -0.2) is 30.3 Å². The molecule has 6 heteroatoms. The molecule has 1 aromatic carbocycles. The van der Waals surface area contributed by atoms with Crippen molar-refractivity contribution < 1.29 is 19.4 Å². The maximum absolute atomic E-state index is 11.7. The monoisotopic (exact) mass is 292 g/mol. The van der Waals surface area contributed by atoms with Crippen molar-refractivity contribution >= 4 is 17.7 Å². The minimum atomic E-state index is -0.865. The predicted octanol–water partition coefficient (Wildman–Crippen LogP) is 2.46. The molecule has 0 aromatic heterocycles. The second kappa shape index (κ2) is 7.52. The van der Waals surface area contributed by atoms with E-state index < -0.39 is 5.97 Å². The summed E-state index contributed by atoms with van der Waals surface area (Å²) in [5.74, 6) is 0.434. The fourth-order valence-electron chi connectivity index (χ4n) is 1.80. The number of carboxylic acids is 1. The Balaban J connectivity index is 1.77. The predicted molar refractivity (Wildman–Crippen MR) is 78.6 cm³/mol. The molecule has 1 saturated carbocycles.